The van der Waals surface area contributed by atoms with E-state index in [2.05, 4.69) is 63.0 Å². The highest BCUT2D eigenvalue weighted by Gasteiger charge is 2.19. The van der Waals surface area contributed by atoms with Crippen LogP contribution in [0.5, 0.6) is 0 Å². The molecule has 0 radical (unpaired) electrons. The number of fused-ring (bicyclic) bond motifs is 1. The highest BCUT2D eigenvalue weighted by atomic mass is 16.1. The van der Waals surface area contributed by atoms with E-state index < -0.39 is 0 Å². The van der Waals surface area contributed by atoms with Gasteiger partial charge in [0.15, 0.2) is 0 Å². The number of piperazine rings is 1. The zero-order chi connectivity index (χ0) is 27.5. The molecule has 1 amide bonds. The van der Waals surface area contributed by atoms with Crippen LogP contribution in [0.1, 0.15) is 60.4 Å². The third-order valence-corrected chi connectivity index (χ3v) is 7.47. The van der Waals surface area contributed by atoms with Crippen molar-refractivity contribution in [3.8, 4) is 11.1 Å². The molecule has 0 unspecified atom stereocenters. The molecule has 3 N–H and O–H groups in total. The number of rotatable bonds is 8. The molecule has 1 aromatic carbocycles. The third-order valence-electron chi connectivity index (χ3n) is 7.47. The first kappa shape index (κ1) is 26.7. The molecule has 1 fully saturated rings. The number of aromatic nitrogens is 3. The Hall–Kier alpha value is -3.91. The minimum atomic E-state index is -0.192. The van der Waals surface area contributed by atoms with Gasteiger partial charge in [0.25, 0.3) is 11.5 Å². The molecule has 0 atom stereocenters. The zero-order valence-corrected chi connectivity index (χ0v) is 23.3. The molecule has 1 aliphatic heterocycles. The summed E-state index contributed by atoms with van der Waals surface area (Å²) in [5.41, 5.74) is 5.90. The van der Waals surface area contributed by atoms with E-state index in [1.54, 1.807) is 0 Å². The van der Waals surface area contributed by atoms with Crippen molar-refractivity contribution in [3.05, 3.63) is 81.5 Å². The average molecular weight is 527 g/mol. The zero-order valence-electron chi connectivity index (χ0n) is 23.3. The molecule has 4 aromatic rings. The van der Waals surface area contributed by atoms with Gasteiger partial charge in [0.1, 0.15) is 5.82 Å². The van der Waals surface area contributed by atoms with Gasteiger partial charge in [-0.2, -0.15) is 0 Å². The SMILES string of the molecule is CCCc1cc(C)[nH]c(=O)c1CNC(=O)c1cc(-c2ccnc(N3CCNCC3)c2)cc2c1ccn2C(C)C. The molecule has 1 aliphatic rings. The van der Waals surface area contributed by atoms with Crippen LogP contribution in [-0.2, 0) is 13.0 Å². The monoisotopic (exact) mass is 526 g/mol. The van der Waals surface area contributed by atoms with Crippen LogP contribution in [0.2, 0.25) is 0 Å². The largest absolute Gasteiger partial charge is 0.354 e. The highest BCUT2D eigenvalue weighted by Crippen LogP contribution is 2.31. The maximum absolute atomic E-state index is 13.7. The van der Waals surface area contributed by atoms with Gasteiger partial charge in [0.05, 0.1) is 0 Å². The van der Waals surface area contributed by atoms with Gasteiger partial charge in [0, 0.05) is 78.9 Å². The maximum Gasteiger partial charge on any atom is 0.253 e. The molecule has 3 aromatic heterocycles. The number of benzene rings is 1. The average Bonchev–Trinajstić information content (AvgIpc) is 3.37. The number of aromatic amines is 1. The molecule has 5 rings (SSSR count). The van der Waals surface area contributed by atoms with Gasteiger partial charge in [-0.05, 0) is 80.3 Å². The van der Waals surface area contributed by atoms with Crippen molar-refractivity contribution in [2.45, 2.75) is 53.1 Å². The van der Waals surface area contributed by atoms with Crippen LogP contribution in [0.15, 0.2) is 53.6 Å². The van der Waals surface area contributed by atoms with Gasteiger partial charge >= 0.3 is 0 Å². The lowest BCUT2D eigenvalue weighted by Crippen LogP contribution is -2.43. The molecule has 0 saturated carbocycles. The van der Waals surface area contributed by atoms with Gasteiger partial charge in [-0.15, -0.1) is 0 Å². The molecular formula is C31H38N6O2. The van der Waals surface area contributed by atoms with Crippen molar-refractivity contribution in [1.82, 2.24) is 25.2 Å². The van der Waals surface area contributed by atoms with Crippen molar-refractivity contribution < 1.29 is 4.79 Å². The molecule has 8 heteroatoms. The molecule has 0 spiro atoms. The van der Waals surface area contributed by atoms with Crippen LogP contribution < -0.4 is 21.1 Å². The fraction of sp³-hybridized carbons (Fsp3) is 0.387. The summed E-state index contributed by atoms with van der Waals surface area (Å²) in [6.45, 7) is 12.1. The number of aryl methyl sites for hydroxylation is 2. The van der Waals surface area contributed by atoms with Crippen LogP contribution in [0.25, 0.3) is 22.0 Å². The molecule has 0 aliphatic carbocycles. The fourth-order valence-electron chi connectivity index (χ4n) is 5.47. The second kappa shape index (κ2) is 11.5. The number of nitrogens with one attached hydrogen (secondary N) is 3. The van der Waals surface area contributed by atoms with Gasteiger partial charge in [0.2, 0.25) is 0 Å². The van der Waals surface area contributed by atoms with E-state index in [1.807, 2.05) is 43.6 Å². The van der Waals surface area contributed by atoms with Crippen LogP contribution in [0.4, 0.5) is 5.82 Å². The van der Waals surface area contributed by atoms with Gasteiger partial charge < -0.3 is 25.1 Å². The number of hydrogen-bond acceptors (Lipinski definition) is 5. The lowest BCUT2D eigenvalue weighted by atomic mass is 9.99. The lowest BCUT2D eigenvalue weighted by Gasteiger charge is -2.28. The van der Waals surface area contributed by atoms with Crippen molar-refractivity contribution in [1.29, 1.82) is 0 Å². The summed E-state index contributed by atoms with van der Waals surface area (Å²) in [5, 5.41) is 7.33. The topological polar surface area (TPSA) is 95.0 Å². The van der Waals surface area contributed by atoms with E-state index in [9.17, 15) is 9.59 Å². The fourth-order valence-corrected chi connectivity index (χ4v) is 5.47. The summed E-state index contributed by atoms with van der Waals surface area (Å²) in [6, 6.07) is 12.5. The predicted molar refractivity (Wildman–Crippen MR) is 158 cm³/mol. The molecular weight excluding hydrogens is 488 g/mol. The third kappa shape index (κ3) is 5.61. The Kier molecular flexibility index (Phi) is 7.84. The molecule has 204 valence electrons. The summed E-state index contributed by atoms with van der Waals surface area (Å²) >= 11 is 0. The van der Waals surface area contributed by atoms with Crippen molar-refractivity contribution in [2.75, 3.05) is 31.1 Å². The number of hydrogen-bond donors (Lipinski definition) is 3. The summed E-state index contributed by atoms with van der Waals surface area (Å²) in [5.74, 6) is 0.753. The second-order valence-electron chi connectivity index (χ2n) is 10.6. The molecule has 4 heterocycles. The van der Waals surface area contributed by atoms with E-state index >= 15 is 0 Å². The lowest BCUT2D eigenvalue weighted by molar-refractivity contribution is 0.0952. The minimum absolute atomic E-state index is 0.138. The first-order valence-corrected chi connectivity index (χ1v) is 13.9. The minimum Gasteiger partial charge on any atom is -0.354 e. The van der Waals surface area contributed by atoms with Crippen molar-refractivity contribution in [3.63, 3.8) is 0 Å². The van der Waals surface area contributed by atoms with Crippen molar-refractivity contribution >= 4 is 22.6 Å². The van der Waals surface area contributed by atoms with E-state index in [1.165, 1.54) is 0 Å². The van der Waals surface area contributed by atoms with E-state index in [-0.39, 0.29) is 24.1 Å². The van der Waals surface area contributed by atoms with Crippen LogP contribution >= 0.6 is 0 Å². The quantitative estimate of drug-likeness (QED) is 0.313. The summed E-state index contributed by atoms with van der Waals surface area (Å²) in [7, 11) is 0. The standard InChI is InChI=1S/C31H38N6O2/c1-5-6-23-15-21(4)35-31(39)27(23)19-34-30(38)26-16-24(17-28-25(26)8-12-37(28)20(2)3)22-7-9-33-29(18-22)36-13-10-32-11-14-36/h7-9,12,15-18,20,32H,5-6,10-11,13-14,19H2,1-4H3,(H,34,38)(H,35,39). The summed E-state index contributed by atoms with van der Waals surface area (Å²) < 4.78 is 2.19. The summed E-state index contributed by atoms with van der Waals surface area (Å²) in [6.07, 6.45) is 5.61. The Morgan fingerprint density at radius 1 is 1.10 bits per heavy atom. The Bertz CT molecular complexity index is 1540. The smallest absolute Gasteiger partial charge is 0.253 e. The number of carbonyl (C=O) groups is 1. The Morgan fingerprint density at radius 2 is 1.90 bits per heavy atom. The van der Waals surface area contributed by atoms with Gasteiger partial charge in [-0.3, -0.25) is 9.59 Å². The van der Waals surface area contributed by atoms with E-state index in [0.717, 1.165) is 78.1 Å². The molecule has 8 nitrogen and oxygen atoms in total. The molecule has 39 heavy (non-hydrogen) atoms. The van der Waals surface area contributed by atoms with Crippen molar-refractivity contribution in [2.24, 2.45) is 0 Å². The Labute approximate surface area is 229 Å². The molecule has 1 saturated heterocycles. The number of nitrogens with zero attached hydrogens (tertiary/aromatic N) is 3. The summed E-state index contributed by atoms with van der Waals surface area (Å²) in [4.78, 5) is 36.2. The van der Waals surface area contributed by atoms with Crippen LogP contribution in [-0.4, -0.2) is 46.6 Å². The number of H-pyrrole nitrogens is 1. The first-order chi connectivity index (χ1) is 18.9. The molecule has 0 bridgehead atoms. The van der Waals surface area contributed by atoms with Gasteiger partial charge in [-0.1, -0.05) is 13.3 Å². The number of amides is 1. The van der Waals surface area contributed by atoms with Gasteiger partial charge in [-0.25, -0.2) is 4.98 Å². The van der Waals surface area contributed by atoms with Crippen LogP contribution in [0, 0.1) is 6.92 Å². The van der Waals surface area contributed by atoms with E-state index in [4.69, 9.17) is 0 Å². The first-order valence-electron chi connectivity index (χ1n) is 13.9. The predicted octanol–water partition coefficient (Wildman–Crippen LogP) is 4.57. The number of pyridine rings is 2. The Morgan fingerprint density at radius 3 is 2.64 bits per heavy atom. The Balaban J connectivity index is 1.52. The van der Waals surface area contributed by atoms with E-state index in [0.29, 0.717) is 11.1 Å². The highest BCUT2D eigenvalue weighted by molar-refractivity contribution is 6.08. The number of anilines is 1. The normalized spacial score (nSPS) is 13.8. The second-order valence-corrected chi connectivity index (χ2v) is 10.6. The number of carbonyl (C=O) groups excluding carboxylic acids is 1. The maximum atomic E-state index is 13.7. The van der Waals surface area contributed by atoms with Crippen LogP contribution in [0.3, 0.4) is 0 Å².